The van der Waals surface area contributed by atoms with Gasteiger partial charge in [-0.3, -0.25) is 0 Å². The molecule has 0 fully saturated rings. The normalized spacial score (nSPS) is 17.8. The van der Waals surface area contributed by atoms with Crippen LogP contribution in [0.15, 0.2) is 200 Å². The summed E-state index contributed by atoms with van der Waals surface area (Å²) < 4.78 is 0. The smallest absolute Gasteiger partial charge is 0.164 e. The highest BCUT2D eigenvalue weighted by molar-refractivity contribution is 5.96. The van der Waals surface area contributed by atoms with Gasteiger partial charge >= 0.3 is 0 Å². The molecule has 0 aliphatic heterocycles. The first-order chi connectivity index (χ1) is 27.8. The Morgan fingerprint density at radius 3 is 1.32 bits per heavy atom. The van der Waals surface area contributed by atoms with Gasteiger partial charge in [0.15, 0.2) is 17.5 Å². The molecule has 9 aromatic rings. The van der Waals surface area contributed by atoms with Crippen LogP contribution in [0.25, 0.3) is 56.4 Å². The van der Waals surface area contributed by atoms with Crippen LogP contribution >= 0.6 is 0 Å². The first kappa shape index (κ1) is 31.2. The summed E-state index contributed by atoms with van der Waals surface area (Å²) in [4.78, 5) is 15.4. The SMILES string of the molecule is c1ccc(-c2nc(-c3ccccc3)nc(-c3ccc4c(c3)C3(c5ccccc5-4)c4ccccc4C4(c5ccccc5)c5ccccc5-c5cccc3c54)n2)cc1. The lowest BCUT2D eigenvalue weighted by molar-refractivity contribution is 0.636. The van der Waals surface area contributed by atoms with Gasteiger partial charge in [0.25, 0.3) is 0 Å². The van der Waals surface area contributed by atoms with Crippen LogP contribution in [-0.4, -0.2) is 15.0 Å². The standard InChI is InChI=1S/C53H33N3/c1-4-17-34(18-5-1)49-54-50(35-19-6-2-7-20-35)56-51(55-49)36-31-32-40-38-23-10-13-27-43(38)53(47(40)33-36)45-29-15-14-28-44(45)52(37-21-8-3-9-22-37)42-26-12-11-24-39(42)41-25-16-30-46(53)48(41)52/h1-33H. The fourth-order valence-corrected chi connectivity index (χ4v) is 10.3. The average molecular weight is 712 g/mol. The van der Waals surface area contributed by atoms with Crippen molar-refractivity contribution in [2.45, 2.75) is 10.8 Å². The Morgan fingerprint density at radius 2 is 0.696 bits per heavy atom. The molecule has 0 saturated heterocycles. The maximum atomic E-state index is 5.19. The van der Waals surface area contributed by atoms with Gasteiger partial charge in [-0.2, -0.15) is 0 Å². The van der Waals surface area contributed by atoms with Gasteiger partial charge in [-0.1, -0.05) is 194 Å². The van der Waals surface area contributed by atoms with Gasteiger partial charge in [0.05, 0.1) is 10.8 Å². The first-order valence-corrected chi connectivity index (χ1v) is 19.3. The molecular formula is C53H33N3. The highest BCUT2D eigenvalue weighted by Gasteiger charge is 2.59. The molecule has 260 valence electrons. The molecule has 0 saturated carbocycles. The molecule has 0 radical (unpaired) electrons. The molecule has 3 nitrogen and oxygen atoms in total. The Labute approximate surface area is 325 Å². The third-order valence-electron chi connectivity index (χ3n) is 12.4. The number of nitrogens with zero attached hydrogens (tertiary/aromatic N) is 3. The highest BCUT2D eigenvalue weighted by atomic mass is 15.0. The Balaban J connectivity index is 1.19. The Bertz CT molecular complexity index is 2970. The van der Waals surface area contributed by atoms with Crippen molar-refractivity contribution in [3.05, 3.63) is 245 Å². The van der Waals surface area contributed by atoms with Crippen LogP contribution in [0.1, 0.15) is 44.5 Å². The minimum absolute atomic E-state index is 0.482. The zero-order valence-corrected chi connectivity index (χ0v) is 30.4. The van der Waals surface area contributed by atoms with E-state index in [-0.39, 0.29) is 0 Å². The molecule has 12 rings (SSSR count). The van der Waals surface area contributed by atoms with Crippen molar-refractivity contribution in [2.75, 3.05) is 0 Å². The van der Waals surface area contributed by atoms with Crippen LogP contribution in [0.5, 0.6) is 0 Å². The summed E-state index contributed by atoms with van der Waals surface area (Å²) in [5, 5.41) is 0. The molecule has 56 heavy (non-hydrogen) atoms. The van der Waals surface area contributed by atoms with Crippen LogP contribution in [0, 0.1) is 0 Å². The molecule has 0 bridgehead atoms. The second-order valence-electron chi connectivity index (χ2n) is 15.0. The van der Waals surface area contributed by atoms with Gasteiger partial charge in [-0.25, -0.2) is 15.0 Å². The van der Waals surface area contributed by atoms with Crippen LogP contribution < -0.4 is 0 Å². The lowest BCUT2D eigenvalue weighted by Gasteiger charge is -2.48. The molecule has 1 spiro atoms. The average Bonchev–Trinajstić information content (AvgIpc) is 3.75. The number of hydrogen-bond donors (Lipinski definition) is 0. The van der Waals surface area contributed by atoms with E-state index in [2.05, 4.69) is 164 Å². The van der Waals surface area contributed by atoms with E-state index in [0.717, 1.165) is 16.7 Å². The van der Waals surface area contributed by atoms with Crippen molar-refractivity contribution < 1.29 is 0 Å². The summed E-state index contributed by atoms with van der Waals surface area (Å²) in [6, 6.07) is 72.8. The highest BCUT2D eigenvalue weighted by Crippen LogP contribution is 2.68. The summed E-state index contributed by atoms with van der Waals surface area (Å²) in [5.74, 6) is 1.96. The molecule has 3 heteroatoms. The van der Waals surface area contributed by atoms with Crippen molar-refractivity contribution in [3.63, 3.8) is 0 Å². The summed E-state index contributed by atoms with van der Waals surface area (Å²) in [6.07, 6.45) is 0. The van der Waals surface area contributed by atoms with Crippen molar-refractivity contribution in [1.82, 2.24) is 15.0 Å². The third-order valence-corrected chi connectivity index (χ3v) is 12.4. The Kier molecular flexibility index (Phi) is 6.47. The number of benzene rings is 8. The molecular weight excluding hydrogens is 679 g/mol. The summed E-state index contributed by atoms with van der Waals surface area (Å²) in [6.45, 7) is 0. The van der Waals surface area contributed by atoms with E-state index in [1.165, 1.54) is 66.8 Å². The summed E-state index contributed by atoms with van der Waals surface area (Å²) in [7, 11) is 0. The predicted molar refractivity (Wildman–Crippen MR) is 224 cm³/mol. The molecule has 1 aromatic heterocycles. The molecule has 0 amide bonds. The maximum Gasteiger partial charge on any atom is 0.164 e. The van der Waals surface area contributed by atoms with E-state index >= 15 is 0 Å². The van der Waals surface area contributed by atoms with E-state index in [1.807, 2.05) is 36.4 Å². The van der Waals surface area contributed by atoms with E-state index in [0.29, 0.717) is 17.5 Å². The monoisotopic (exact) mass is 711 g/mol. The van der Waals surface area contributed by atoms with E-state index in [1.54, 1.807) is 0 Å². The van der Waals surface area contributed by atoms with Crippen molar-refractivity contribution in [3.8, 4) is 56.4 Å². The molecule has 0 N–H and O–H groups in total. The van der Waals surface area contributed by atoms with Gasteiger partial charge in [0.1, 0.15) is 0 Å². The van der Waals surface area contributed by atoms with Crippen LogP contribution in [0.3, 0.4) is 0 Å². The Hall–Kier alpha value is -7.23. The maximum absolute atomic E-state index is 5.19. The second kappa shape index (κ2) is 11.6. The Morgan fingerprint density at radius 1 is 0.268 bits per heavy atom. The number of rotatable bonds is 4. The van der Waals surface area contributed by atoms with Crippen molar-refractivity contribution in [1.29, 1.82) is 0 Å². The largest absolute Gasteiger partial charge is 0.208 e. The second-order valence-corrected chi connectivity index (χ2v) is 15.0. The van der Waals surface area contributed by atoms with Crippen LogP contribution in [-0.2, 0) is 10.8 Å². The number of hydrogen-bond acceptors (Lipinski definition) is 3. The molecule has 8 aromatic carbocycles. The van der Waals surface area contributed by atoms with Gasteiger partial charge in [0.2, 0.25) is 0 Å². The molecule has 2 unspecified atom stereocenters. The topological polar surface area (TPSA) is 38.7 Å². The fraction of sp³-hybridized carbons (Fsp3) is 0.0377. The summed E-state index contributed by atoms with van der Waals surface area (Å²) >= 11 is 0. The fourth-order valence-electron chi connectivity index (χ4n) is 10.3. The minimum Gasteiger partial charge on any atom is -0.208 e. The number of fused-ring (bicyclic) bond motifs is 12. The van der Waals surface area contributed by atoms with Crippen LogP contribution in [0.2, 0.25) is 0 Å². The third kappa shape index (κ3) is 3.99. The van der Waals surface area contributed by atoms with Gasteiger partial charge < -0.3 is 0 Å². The van der Waals surface area contributed by atoms with E-state index in [9.17, 15) is 0 Å². The van der Waals surface area contributed by atoms with Crippen LogP contribution in [0.4, 0.5) is 0 Å². The van der Waals surface area contributed by atoms with E-state index in [4.69, 9.17) is 15.0 Å². The zero-order valence-electron chi connectivity index (χ0n) is 30.4. The first-order valence-electron chi connectivity index (χ1n) is 19.3. The van der Waals surface area contributed by atoms with Crippen molar-refractivity contribution in [2.24, 2.45) is 0 Å². The molecule has 3 aliphatic carbocycles. The minimum atomic E-state index is -0.595. The van der Waals surface area contributed by atoms with Gasteiger partial charge in [0, 0.05) is 16.7 Å². The summed E-state index contributed by atoms with van der Waals surface area (Å²) in [5.41, 5.74) is 17.4. The number of aromatic nitrogens is 3. The lowest BCUT2D eigenvalue weighted by atomic mass is 9.52. The van der Waals surface area contributed by atoms with E-state index < -0.39 is 10.8 Å². The lowest BCUT2D eigenvalue weighted by Crippen LogP contribution is -2.43. The zero-order chi connectivity index (χ0) is 36.8. The molecule has 1 heterocycles. The predicted octanol–water partition coefficient (Wildman–Crippen LogP) is 11.9. The van der Waals surface area contributed by atoms with Crippen molar-refractivity contribution >= 4 is 0 Å². The molecule has 2 atom stereocenters. The van der Waals surface area contributed by atoms with Gasteiger partial charge in [-0.05, 0) is 72.8 Å². The quantitative estimate of drug-likeness (QED) is 0.182. The molecule has 3 aliphatic rings. The van der Waals surface area contributed by atoms with Gasteiger partial charge in [-0.15, -0.1) is 0 Å².